The summed E-state index contributed by atoms with van der Waals surface area (Å²) in [4.78, 5) is 0. The third-order valence-electron chi connectivity index (χ3n) is 1.36. The van der Waals surface area contributed by atoms with Gasteiger partial charge in [-0.15, -0.1) is 0 Å². The topological polar surface area (TPSA) is 9.23 Å². The SMILES string of the molecule is C[CH]Oc1ccccc1CF. The summed E-state index contributed by atoms with van der Waals surface area (Å²) in [5, 5.41) is 0. The van der Waals surface area contributed by atoms with E-state index in [1.54, 1.807) is 25.1 Å². The summed E-state index contributed by atoms with van der Waals surface area (Å²) in [7, 11) is 0. The summed E-state index contributed by atoms with van der Waals surface area (Å²) in [6.07, 6.45) is 0. The number of alkyl halides is 1. The lowest BCUT2D eigenvalue weighted by atomic mass is 10.2. The molecule has 0 N–H and O–H groups in total. The van der Waals surface area contributed by atoms with Gasteiger partial charge in [0, 0.05) is 5.56 Å². The van der Waals surface area contributed by atoms with Gasteiger partial charge in [-0.3, -0.25) is 0 Å². The number of ether oxygens (including phenoxy) is 1. The molecule has 0 saturated carbocycles. The van der Waals surface area contributed by atoms with Crippen molar-refractivity contribution in [2.75, 3.05) is 0 Å². The third-order valence-corrected chi connectivity index (χ3v) is 1.36. The molecule has 0 aliphatic rings. The fraction of sp³-hybridized carbons (Fsp3) is 0.222. The van der Waals surface area contributed by atoms with Gasteiger partial charge in [0.05, 0.1) is 0 Å². The van der Waals surface area contributed by atoms with E-state index in [1.165, 1.54) is 6.61 Å². The molecular formula is C9H10FO. The Hall–Kier alpha value is -1.05. The van der Waals surface area contributed by atoms with Crippen molar-refractivity contribution >= 4 is 0 Å². The lowest BCUT2D eigenvalue weighted by molar-refractivity contribution is 0.396. The van der Waals surface area contributed by atoms with Crippen LogP contribution < -0.4 is 4.74 Å². The van der Waals surface area contributed by atoms with E-state index in [4.69, 9.17) is 4.74 Å². The van der Waals surface area contributed by atoms with Crippen molar-refractivity contribution in [1.29, 1.82) is 0 Å². The average molecular weight is 153 g/mol. The van der Waals surface area contributed by atoms with Gasteiger partial charge in [-0.05, 0) is 13.0 Å². The van der Waals surface area contributed by atoms with Gasteiger partial charge in [0.1, 0.15) is 19.0 Å². The van der Waals surface area contributed by atoms with Crippen molar-refractivity contribution in [3.8, 4) is 5.75 Å². The van der Waals surface area contributed by atoms with Crippen LogP contribution in [0.1, 0.15) is 12.5 Å². The maximum Gasteiger partial charge on any atom is 0.132 e. The Morgan fingerprint density at radius 1 is 1.45 bits per heavy atom. The molecule has 0 aliphatic carbocycles. The van der Waals surface area contributed by atoms with E-state index >= 15 is 0 Å². The van der Waals surface area contributed by atoms with E-state index in [1.807, 2.05) is 6.07 Å². The molecule has 0 amide bonds. The van der Waals surface area contributed by atoms with E-state index in [9.17, 15) is 4.39 Å². The predicted molar refractivity (Wildman–Crippen MR) is 41.9 cm³/mol. The third kappa shape index (κ3) is 1.93. The summed E-state index contributed by atoms with van der Waals surface area (Å²) in [5.41, 5.74) is 0.589. The van der Waals surface area contributed by atoms with Gasteiger partial charge in [-0.1, -0.05) is 18.2 Å². The molecule has 0 fully saturated rings. The highest BCUT2D eigenvalue weighted by Crippen LogP contribution is 2.18. The van der Waals surface area contributed by atoms with Crippen molar-refractivity contribution in [2.24, 2.45) is 0 Å². The first-order valence-corrected chi connectivity index (χ1v) is 3.47. The Kier molecular flexibility index (Phi) is 2.90. The monoisotopic (exact) mass is 153 g/mol. The fourth-order valence-electron chi connectivity index (χ4n) is 0.856. The van der Waals surface area contributed by atoms with Crippen LogP contribution in [0.25, 0.3) is 0 Å². The van der Waals surface area contributed by atoms with Crippen molar-refractivity contribution in [3.05, 3.63) is 36.4 Å². The number of para-hydroxylation sites is 1. The molecule has 1 radical (unpaired) electrons. The Balaban J connectivity index is 2.83. The van der Waals surface area contributed by atoms with Gasteiger partial charge < -0.3 is 4.74 Å². The molecule has 0 unspecified atom stereocenters. The molecule has 1 aromatic carbocycles. The van der Waals surface area contributed by atoms with E-state index in [0.717, 1.165) is 0 Å². The van der Waals surface area contributed by atoms with Crippen molar-refractivity contribution in [2.45, 2.75) is 13.6 Å². The minimum absolute atomic E-state index is 0.482. The maximum absolute atomic E-state index is 12.2. The van der Waals surface area contributed by atoms with E-state index in [-0.39, 0.29) is 0 Å². The van der Waals surface area contributed by atoms with Crippen LogP contribution in [0.4, 0.5) is 4.39 Å². The van der Waals surface area contributed by atoms with Crippen molar-refractivity contribution < 1.29 is 9.13 Å². The molecule has 0 aliphatic heterocycles. The van der Waals surface area contributed by atoms with E-state index < -0.39 is 6.67 Å². The molecule has 11 heavy (non-hydrogen) atoms. The van der Waals surface area contributed by atoms with E-state index in [0.29, 0.717) is 11.3 Å². The second-order valence-electron chi connectivity index (χ2n) is 2.09. The zero-order valence-electron chi connectivity index (χ0n) is 6.38. The minimum atomic E-state index is -0.482. The van der Waals surface area contributed by atoms with Crippen LogP contribution in [-0.2, 0) is 6.67 Å². The van der Waals surface area contributed by atoms with Gasteiger partial charge in [0.2, 0.25) is 0 Å². The molecular weight excluding hydrogens is 143 g/mol. The molecule has 0 atom stereocenters. The number of hydrogen-bond donors (Lipinski definition) is 0. The molecule has 1 aromatic rings. The second-order valence-corrected chi connectivity index (χ2v) is 2.09. The summed E-state index contributed by atoms with van der Waals surface area (Å²) in [6, 6.07) is 7.06. The van der Waals surface area contributed by atoms with Gasteiger partial charge in [0.25, 0.3) is 0 Å². The van der Waals surface area contributed by atoms with Crippen LogP contribution in [0.5, 0.6) is 5.75 Å². The number of rotatable bonds is 3. The summed E-state index contributed by atoms with van der Waals surface area (Å²) >= 11 is 0. The predicted octanol–water partition coefficient (Wildman–Crippen LogP) is 2.72. The zero-order valence-corrected chi connectivity index (χ0v) is 6.38. The lowest BCUT2D eigenvalue weighted by Crippen LogP contribution is -1.89. The molecule has 2 heteroatoms. The smallest absolute Gasteiger partial charge is 0.132 e. The van der Waals surface area contributed by atoms with Gasteiger partial charge in [-0.2, -0.15) is 0 Å². The van der Waals surface area contributed by atoms with Crippen molar-refractivity contribution in [3.63, 3.8) is 0 Å². The minimum Gasteiger partial charge on any atom is -0.486 e. The van der Waals surface area contributed by atoms with Gasteiger partial charge in [-0.25, -0.2) is 4.39 Å². The molecule has 1 rings (SSSR count). The molecule has 0 bridgehead atoms. The van der Waals surface area contributed by atoms with Crippen LogP contribution >= 0.6 is 0 Å². The standard InChI is InChI=1S/C9H10FO/c1-2-11-9-6-4-3-5-8(9)7-10/h2-6H,7H2,1H3. The Bertz CT molecular complexity index is 223. The fourth-order valence-corrected chi connectivity index (χ4v) is 0.856. The maximum atomic E-state index is 12.2. The zero-order chi connectivity index (χ0) is 8.10. The Morgan fingerprint density at radius 3 is 2.82 bits per heavy atom. The summed E-state index contributed by atoms with van der Waals surface area (Å²) < 4.78 is 17.3. The Morgan fingerprint density at radius 2 is 2.18 bits per heavy atom. The van der Waals surface area contributed by atoms with Crippen LogP contribution in [0, 0.1) is 6.61 Å². The summed E-state index contributed by atoms with van der Waals surface area (Å²) in [6.45, 7) is 2.81. The highest BCUT2D eigenvalue weighted by Gasteiger charge is 1.99. The second kappa shape index (κ2) is 3.96. The molecule has 0 heterocycles. The van der Waals surface area contributed by atoms with E-state index in [2.05, 4.69) is 0 Å². The average Bonchev–Trinajstić information content (AvgIpc) is 2.06. The normalized spacial score (nSPS) is 9.64. The summed E-state index contributed by atoms with van der Waals surface area (Å²) in [5.74, 6) is 0.595. The van der Waals surface area contributed by atoms with Crippen LogP contribution in [0.2, 0.25) is 0 Å². The first kappa shape index (κ1) is 8.05. The number of benzene rings is 1. The van der Waals surface area contributed by atoms with Crippen molar-refractivity contribution in [1.82, 2.24) is 0 Å². The Labute approximate surface area is 65.8 Å². The first-order valence-electron chi connectivity index (χ1n) is 3.47. The molecule has 1 nitrogen and oxygen atoms in total. The largest absolute Gasteiger partial charge is 0.486 e. The van der Waals surface area contributed by atoms with Gasteiger partial charge in [0.15, 0.2) is 0 Å². The van der Waals surface area contributed by atoms with Gasteiger partial charge >= 0.3 is 0 Å². The molecule has 0 aromatic heterocycles. The lowest BCUT2D eigenvalue weighted by Gasteiger charge is -2.05. The van der Waals surface area contributed by atoms with Crippen LogP contribution in [0.15, 0.2) is 24.3 Å². The highest BCUT2D eigenvalue weighted by atomic mass is 19.1. The quantitative estimate of drug-likeness (QED) is 0.648. The molecule has 59 valence electrons. The number of halogens is 1. The van der Waals surface area contributed by atoms with Crippen LogP contribution in [-0.4, -0.2) is 0 Å². The first-order chi connectivity index (χ1) is 5.38. The number of hydrogen-bond acceptors (Lipinski definition) is 1. The molecule has 0 saturated heterocycles. The molecule has 0 spiro atoms. The van der Waals surface area contributed by atoms with Crippen LogP contribution in [0.3, 0.4) is 0 Å². The highest BCUT2D eigenvalue weighted by molar-refractivity contribution is 5.32.